The Labute approximate surface area is 143 Å². The number of carbonyl (C=O) groups is 1. The van der Waals surface area contributed by atoms with Crippen LogP contribution in [0.5, 0.6) is 11.5 Å². The summed E-state index contributed by atoms with van der Waals surface area (Å²) in [6.07, 6.45) is 2.19. The second-order valence-electron chi connectivity index (χ2n) is 7.11. The summed E-state index contributed by atoms with van der Waals surface area (Å²) in [5.74, 6) is 1.10. The topological polar surface area (TPSA) is 53.0 Å². The summed E-state index contributed by atoms with van der Waals surface area (Å²) in [6, 6.07) is 3.62. The second-order valence-corrected chi connectivity index (χ2v) is 7.11. The fourth-order valence-electron chi connectivity index (χ4n) is 4.16. The Hall–Kier alpha value is -2.17. The minimum Gasteiger partial charge on any atom is -0.507 e. The van der Waals surface area contributed by atoms with Gasteiger partial charge < -0.3 is 19.6 Å². The molecule has 1 fully saturated rings. The molecule has 1 amide bonds. The van der Waals surface area contributed by atoms with E-state index in [2.05, 4.69) is 31.7 Å². The van der Waals surface area contributed by atoms with E-state index in [1.807, 2.05) is 17.9 Å². The van der Waals surface area contributed by atoms with Gasteiger partial charge in [0.2, 0.25) is 5.91 Å². The van der Waals surface area contributed by atoms with E-state index in [0.717, 1.165) is 16.8 Å². The van der Waals surface area contributed by atoms with Gasteiger partial charge in [-0.05, 0) is 32.4 Å². The monoisotopic (exact) mass is 330 g/mol. The highest BCUT2D eigenvalue weighted by molar-refractivity contribution is 5.81. The molecule has 0 aromatic heterocycles. The minimum absolute atomic E-state index is 0.0667. The summed E-state index contributed by atoms with van der Waals surface area (Å²) in [7, 11) is 1.59. The molecule has 1 aromatic rings. The van der Waals surface area contributed by atoms with Gasteiger partial charge >= 0.3 is 0 Å². The Morgan fingerprint density at radius 2 is 2.04 bits per heavy atom. The van der Waals surface area contributed by atoms with Crippen molar-refractivity contribution in [1.82, 2.24) is 9.80 Å². The number of allylic oxidation sites excluding steroid dienone is 1. The first-order valence-electron chi connectivity index (χ1n) is 8.47. The van der Waals surface area contributed by atoms with Crippen LogP contribution in [-0.2, 0) is 11.3 Å². The van der Waals surface area contributed by atoms with Gasteiger partial charge in [-0.25, -0.2) is 0 Å². The number of phenolic OH excluding ortho intramolecular Hbond substituents is 1. The lowest BCUT2D eigenvalue weighted by molar-refractivity contribution is -0.140. The number of methoxy groups -OCH3 is 1. The van der Waals surface area contributed by atoms with Crippen molar-refractivity contribution < 1.29 is 14.6 Å². The van der Waals surface area contributed by atoms with Crippen molar-refractivity contribution in [1.29, 1.82) is 0 Å². The number of fused-ring (bicyclic) bond motifs is 2. The van der Waals surface area contributed by atoms with Crippen molar-refractivity contribution in [3.05, 3.63) is 35.0 Å². The molecule has 5 heteroatoms. The summed E-state index contributed by atoms with van der Waals surface area (Å²) in [5.41, 5.74) is 2.72. The van der Waals surface area contributed by atoms with Crippen LogP contribution in [0, 0.1) is 0 Å². The van der Waals surface area contributed by atoms with E-state index in [-0.39, 0.29) is 23.1 Å². The lowest BCUT2D eigenvalue weighted by Crippen LogP contribution is -2.59. The number of amides is 1. The van der Waals surface area contributed by atoms with Crippen LogP contribution in [0.4, 0.5) is 0 Å². The predicted octanol–water partition coefficient (Wildman–Crippen LogP) is 2.84. The van der Waals surface area contributed by atoms with Gasteiger partial charge in [0, 0.05) is 36.3 Å². The number of hydrogen-bond acceptors (Lipinski definition) is 4. The van der Waals surface area contributed by atoms with Gasteiger partial charge in [-0.15, -0.1) is 0 Å². The second kappa shape index (κ2) is 5.72. The molecule has 0 unspecified atom stereocenters. The number of rotatable bonds is 2. The standard InChI is InChI=1S/C19H26N2O3/c1-6-21-17(23)11-20-10-13-8-14(24-5)9-15(22)18(13)12(2)7-16(20)19(21,3)4/h7-9,12,22H,6,10-11H2,1-5H3/t12-/m0/s1. The quantitative estimate of drug-likeness (QED) is 0.906. The van der Waals surface area contributed by atoms with Crippen LogP contribution in [0.1, 0.15) is 44.7 Å². The van der Waals surface area contributed by atoms with Crippen LogP contribution in [0.15, 0.2) is 23.9 Å². The minimum atomic E-state index is -0.361. The van der Waals surface area contributed by atoms with Gasteiger partial charge in [-0.1, -0.05) is 13.0 Å². The number of hydrogen-bond donors (Lipinski definition) is 1. The highest BCUT2D eigenvalue weighted by Gasteiger charge is 2.43. The van der Waals surface area contributed by atoms with E-state index in [9.17, 15) is 9.90 Å². The van der Waals surface area contributed by atoms with Gasteiger partial charge in [0.1, 0.15) is 11.5 Å². The Morgan fingerprint density at radius 3 is 2.67 bits per heavy atom. The molecule has 3 rings (SSSR count). The van der Waals surface area contributed by atoms with E-state index in [1.54, 1.807) is 13.2 Å². The highest BCUT2D eigenvalue weighted by atomic mass is 16.5. The largest absolute Gasteiger partial charge is 0.507 e. The van der Waals surface area contributed by atoms with E-state index in [4.69, 9.17) is 4.74 Å². The molecule has 1 N–H and O–H groups in total. The van der Waals surface area contributed by atoms with Crippen molar-refractivity contribution in [3.63, 3.8) is 0 Å². The molecule has 0 bridgehead atoms. The third-order valence-electron chi connectivity index (χ3n) is 5.26. The fourth-order valence-corrected chi connectivity index (χ4v) is 4.16. The van der Waals surface area contributed by atoms with Gasteiger partial charge in [0.15, 0.2) is 0 Å². The average Bonchev–Trinajstić information content (AvgIpc) is 2.64. The summed E-state index contributed by atoms with van der Waals surface area (Å²) in [4.78, 5) is 16.6. The Bertz CT molecular complexity index is 709. The summed E-state index contributed by atoms with van der Waals surface area (Å²) in [5, 5.41) is 10.5. The molecule has 130 valence electrons. The first kappa shape index (κ1) is 16.7. The van der Waals surface area contributed by atoms with Crippen LogP contribution < -0.4 is 4.74 Å². The number of benzene rings is 1. The SMILES string of the molecule is CCN1C(=O)CN2Cc3cc(OC)cc(O)c3[C@@H](C)C=C2C1(C)C. The highest BCUT2D eigenvalue weighted by Crippen LogP contribution is 2.42. The number of carbonyl (C=O) groups excluding carboxylic acids is 1. The lowest BCUT2D eigenvalue weighted by atomic mass is 9.90. The zero-order valence-electron chi connectivity index (χ0n) is 15.1. The number of piperazine rings is 1. The van der Waals surface area contributed by atoms with Crippen molar-refractivity contribution >= 4 is 5.91 Å². The van der Waals surface area contributed by atoms with E-state index in [0.29, 0.717) is 25.4 Å². The Balaban J connectivity index is 2.12. The number of phenols is 1. The van der Waals surface area contributed by atoms with Crippen molar-refractivity contribution in [2.45, 2.75) is 45.7 Å². The first-order valence-corrected chi connectivity index (χ1v) is 8.47. The van der Waals surface area contributed by atoms with Crippen LogP contribution in [0.25, 0.3) is 0 Å². The van der Waals surface area contributed by atoms with Crippen molar-refractivity contribution in [2.75, 3.05) is 20.2 Å². The predicted molar refractivity (Wildman–Crippen MR) is 93.0 cm³/mol. The Morgan fingerprint density at radius 1 is 1.33 bits per heavy atom. The van der Waals surface area contributed by atoms with Crippen molar-refractivity contribution in [2.24, 2.45) is 0 Å². The van der Waals surface area contributed by atoms with Crippen LogP contribution >= 0.6 is 0 Å². The molecule has 0 aliphatic carbocycles. The lowest BCUT2D eigenvalue weighted by Gasteiger charge is -2.49. The molecule has 2 heterocycles. The number of nitrogens with zero attached hydrogens (tertiary/aromatic N) is 2. The average molecular weight is 330 g/mol. The summed E-state index contributed by atoms with van der Waals surface area (Å²) in [6.45, 7) is 9.95. The third kappa shape index (κ3) is 2.43. The molecule has 24 heavy (non-hydrogen) atoms. The van der Waals surface area contributed by atoms with Gasteiger partial charge in [0.25, 0.3) is 0 Å². The Kier molecular flexibility index (Phi) is 3.98. The zero-order chi connectivity index (χ0) is 17.6. The van der Waals surface area contributed by atoms with Crippen LogP contribution in [0.2, 0.25) is 0 Å². The molecule has 0 radical (unpaired) electrons. The zero-order valence-corrected chi connectivity index (χ0v) is 15.1. The maximum absolute atomic E-state index is 12.6. The molecule has 2 aliphatic rings. The summed E-state index contributed by atoms with van der Waals surface area (Å²) >= 11 is 0. The summed E-state index contributed by atoms with van der Waals surface area (Å²) < 4.78 is 5.30. The molecule has 2 aliphatic heterocycles. The molecule has 1 atom stereocenters. The van der Waals surface area contributed by atoms with E-state index in [1.165, 1.54) is 0 Å². The number of aromatic hydroxyl groups is 1. The molecule has 1 saturated heterocycles. The fraction of sp³-hybridized carbons (Fsp3) is 0.526. The molecular weight excluding hydrogens is 304 g/mol. The van der Waals surface area contributed by atoms with Crippen LogP contribution in [0.3, 0.4) is 0 Å². The maximum atomic E-state index is 12.6. The van der Waals surface area contributed by atoms with E-state index < -0.39 is 0 Å². The molecule has 1 aromatic carbocycles. The van der Waals surface area contributed by atoms with Gasteiger partial charge in [-0.3, -0.25) is 4.79 Å². The number of ether oxygens (including phenoxy) is 1. The van der Waals surface area contributed by atoms with Crippen molar-refractivity contribution in [3.8, 4) is 11.5 Å². The number of likely N-dealkylation sites (N-methyl/N-ethyl adjacent to an activating group) is 1. The van der Waals surface area contributed by atoms with Crippen LogP contribution in [-0.4, -0.2) is 46.6 Å². The smallest absolute Gasteiger partial charge is 0.242 e. The molecule has 5 nitrogen and oxygen atoms in total. The van der Waals surface area contributed by atoms with E-state index >= 15 is 0 Å². The molecule has 0 saturated carbocycles. The molecular formula is C19H26N2O3. The third-order valence-corrected chi connectivity index (χ3v) is 5.26. The maximum Gasteiger partial charge on any atom is 0.242 e. The molecule has 0 spiro atoms. The first-order chi connectivity index (χ1) is 11.3. The van der Waals surface area contributed by atoms with Gasteiger partial charge in [0.05, 0.1) is 19.2 Å². The van der Waals surface area contributed by atoms with Gasteiger partial charge in [-0.2, -0.15) is 0 Å². The normalized spacial score (nSPS) is 22.5.